The predicted octanol–water partition coefficient (Wildman–Crippen LogP) is 3.32. The minimum atomic E-state index is -3.67. The van der Waals surface area contributed by atoms with Crippen LogP contribution in [-0.4, -0.2) is 63.0 Å². The van der Waals surface area contributed by atoms with Crippen LogP contribution in [-0.2, 0) is 28.5 Å². The molecule has 3 aliphatic rings. The molecule has 3 fully saturated rings. The van der Waals surface area contributed by atoms with E-state index in [-0.39, 0.29) is 26.4 Å². The van der Waals surface area contributed by atoms with Crippen LogP contribution in [0.25, 0.3) is 0 Å². The second-order valence-corrected chi connectivity index (χ2v) is 5.14. The third kappa shape index (κ3) is 15.3. The number of alkyl halides is 6. The Morgan fingerprint density at radius 3 is 1.46 bits per heavy atom. The number of hydrogen-bond donors (Lipinski definition) is 0. The third-order valence-corrected chi connectivity index (χ3v) is 2.20. The van der Waals surface area contributed by atoms with Crippen LogP contribution in [0.3, 0.4) is 0 Å². The fraction of sp³-hybridized carbons (Fsp3) is 0.750. The first-order valence-electron chi connectivity index (χ1n) is 6.69. The van der Waals surface area contributed by atoms with Crippen molar-refractivity contribution in [2.24, 2.45) is 0 Å². The van der Waals surface area contributed by atoms with E-state index in [0.29, 0.717) is 0 Å². The smallest absolute Gasteiger partial charge is 0.377 e. The normalized spacial score (nSPS) is 18.7. The molecular weight excluding hydrogens is 425 g/mol. The van der Waals surface area contributed by atoms with Crippen LogP contribution in [0.5, 0.6) is 0 Å². The molecule has 0 amide bonds. The van der Waals surface area contributed by atoms with Gasteiger partial charge in [0.25, 0.3) is 0 Å². The highest BCUT2D eigenvalue weighted by Crippen LogP contribution is 2.28. The largest absolute Gasteiger partial charge is 0.458 e. The molecular formula is C12H14Cl2F6O6. The van der Waals surface area contributed by atoms with E-state index in [1.165, 1.54) is 0 Å². The Balaban J connectivity index is 0.000000339. The number of epoxide rings is 1. The minimum absolute atomic E-state index is 0.187. The van der Waals surface area contributed by atoms with Crippen molar-refractivity contribution in [3.63, 3.8) is 0 Å². The van der Waals surface area contributed by atoms with Crippen molar-refractivity contribution in [2.75, 3.05) is 39.6 Å². The monoisotopic (exact) mass is 438 g/mol. The van der Waals surface area contributed by atoms with Gasteiger partial charge in [-0.05, 0) is 23.2 Å². The van der Waals surface area contributed by atoms with Crippen molar-refractivity contribution in [3.8, 4) is 0 Å². The van der Waals surface area contributed by atoms with Crippen molar-refractivity contribution in [2.45, 2.75) is 17.1 Å². The average Bonchev–Trinajstić information content (AvgIpc) is 3.11. The summed E-state index contributed by atoms with van der Waals surface area (Å²) >= 11 is 8.57. The maximum absolute atomic E-state index is 11.9. The van der Waals surface area contributed by atoms with Gasteiger partial charge in [-0.15, -0.1) is 0 Å². The van der Waals surface area contributed by atoms with Gasteiger partial charge in [-0.2, -0.15) is 26.3 Å². The van der Waals surface area contributed by atoms with Crippen LogP contribution in [0.2, 0.25) is 0 Å². The molecule has 3 aliphatic heterocycles. The van der Waals surface area contributed by atoms with E-state index in [1.807, 2.05) is 0 Å². The van der Waals surface area contributed by atoms with Crippen molar-refractivity contribution in [1.82, 2.24) is 0 Å². The summed E-state index contributed by atoms with van der Waals surface area (Å²) < 4.78 is 90.3. The van der Waals surface area contributed by atoms with Crippen LogP contribution in [0, 0.1) is 0 Å². The standard InChI is InChI=1S/C4H5ClF2O2.C4H4F2O2.C2HClF2O.C2H4O/c5-4(6,7)3-8-1-2-9-3;5-3(6)4-7-1-2-8-4;3-2(4,5)1-6;1-2-3-1/h3H,1-2H2;1-2H2;1H;1-2H2. The van der Waals surface area contributed by atoms with Gasteiger partial charge in [-0.3, -0.25) is 4.79 Å². The van der Waals surface area contributed by atoms with Crippen LogP contribution in [0.15, 0.2) is 12.0 Å². The number of hydrogen-bond acceptors (Lipinski definition) is 6. The quantitative estimate of drug-likeness (QED) is 0.285. The first-order chi connectivity index (χ1) is 12.0. The predicted molar refractivity (Wildman–Crippen MR) is 75.3 cm³/mol. The number of carbonyl (C=O) groups excluding carboxylic acids is 1. The zero-order valence-corrected chi connectivity index (χ0v) is 14.4. The number of halogens is 8. The number of rotatable bonds is 2. The molecule has 26 heavy (non-hydrogen) atoms. The second-order valence-electron chi connectivity index (χ2n) is 4.13. The molecule has 0 bridgehead atoms. The van der Waals surface area contributed by atoms with Gasteiger partial charge in [0.05, 0.1) is 26.4 Å². The fourth-order valence-corrected chi connectivity index (χ4v) is 1.09. The van der Waals surface area contributed by atoms with E-state index < -0.39 is 35.4 Å². The Morgan fingerprint density at radius 2 is 1.31 bits per heavy atom. The van der Waals surface area contributed by atoms with Crippen molar-refractivity contribution < 1.29 is 54.8 Å². The molecule has 0 aromatic carbocycles. The molecule has 0 N–H and O–H groups in total. The van der Waals surface area contributed by atoms with Gasteiger partial charge >= 0.3 is 22.8 Å². The van der Waals surface area contributed by atoms with Crippen LogP contribution in [0.4, 0.5) is 26.3 Å². The number of aldehydes is 1. The lowest BCUT2D eigenvalue weighted by molar-refractivity contribution is -0.159. The van der Waals surface area contributed by atoms with Gasteiger partial charge in [0.15, 0.2) is 0 Å². The molecule has 3 rings (SSSR count). The van der Waals surface area contributed by atoms with E-state index in [4.69, 9.17) is 4.79 Å². The fourth-order valence-electron chi connectivity index (χ4n) is 0.967. The first kappa shape index (κ1) is 25.1. The van der Waals surface area contributed by atoms with E-state index in [1.54, 1.807) is 0 Å². The summed E-state index contributed by atoms with van der Waals surface area (Å²) in [5.41, 5.74) is 0. The van der Waals surface area contributed by atoms with E-state index in [0.717, 1.165) is 13.2 Å². The highest BCUT2D eigenvalue weighted by atomic mass is 35.5. The molecule has 3 heterocycles. The second kappa shape index (κ2) is 12.4. The van der Waals surface area contributed by atoms with Gasteiger partial charge in [-0.25, -0.2) is 0 Å². The van der Waals surface area contributed by atoms with E-state index in [9.17, 15) is 26.3 Å². The SMILES string of the molecule is C1CO1.FC(F)(Cl)C1OCCO1.FC(F)=C1OCCO1.O=CC(F)(F)Cl. The Morgan fingerprint density at radius 1 is 0.923 bits per heavy atom. The lowest BCUT2D eigenvalue weighted by Crippen LogP contribution is -2.27. The summed E-state index contributed by atoms with van der Waals surface area (Å²) in [6, 6.07) is 0. The van der Waals surface area contributed by atoms with Crippen LogP contribution >= 0.6 is 23.2 Å². The summed E-state index contributed by atoms with van der Waals surface area (Å²) in [7, 11) is 0. The van der Waals surface area contributed by atoms with E-state index in [2.05, 4.69) is 46.9 Å². The number of ether oxygens (including phenoxy) is 5. The maximum atomic E-state index is 11.9. The zero-order chi connectivity index (χ0) is 20.2. The van der Waals surface area contributed by atoms with Crippen LogP contribution in [0.1, 0.15) is 0 Å². The summed E-state index contributed by atoms with van der Waals surface area (Å²) in [5, 5.41) is -7.06. The molecule has 154 valence electrons. The van der Waals surface area contributed by atoms with E-state index >= 15 is 0 Å². The zero-order valence-electron chi connectivity index (χ0n) is 12.9. The van der Waals surface area contributed by atoms with Gasteiger partial charge in [-0.1, -0.05) is 0 Å². The Labute approximate surface area is 153 Å². The Bertz CT molecular complexity index is 420. The average molecular weight is 439 g/mol. The minimum Gasteiger partial charge on any atom is -0.458 e. The summed E-state index contributed by atoms with van der Waals surface area (Å²) in [4.78, 5) is 8.94. The third-order valence-electron chi connectivity index (χ3n) is 1.93. The van der Waals surface area contributed by atoms with Gasteiger partial charge in [0.2, 0.25) is 12.6 Å². The highest BCUT2D eigenvalue weighted by Gasteiger charge is 2.41. The Hall–Kier alpha value is -0.950. The molecule has 0 atom stereocenters. The van der Waals surface area contributed by atoms with Gasteiger partial charge in [0, 0.05) is 0 Å². The summed E-state index contributed by atoms with van der Waals surface area (Å²) in [6.07, 6.45) is -4.07. The van der Waals surface area contributed by atoms with Gasteiger partial charge < -0.3 is 23.7 Å². The molecule has 0 spiro atoms. The first-order valence-corrected chi connectivity index (χ1v) is 7.44. The molecule has 0 radical (unpaired) electrons. The summed E-state index contributed by atoms with van der Waals surface area (Å²) in [6.45, 7) is 2.83. The maximum Gasteiger partial charge on any atom is 0.377 e. The molecule has 0 saturated carbocycles. The molecule has 14 heteroatoms. The highest BCUT2D eigenvalue weighted by molar-refractivity contribution is 6.28. The number of carbonyl (C=O) groups is 1. The van der Waals surface area contributed by atoms with Gasteiger partial charge in [0.1, 0.15) is 13.2 Å². The topological polar surface area (TPSA) is 66.5 Å². The molecule has 0 aromatic heterocycles. The van der Waals surface area contributed by atoms with Crippen molar-refractivity contribution in [1.29, 1.82) is 0 Å². The molecule has 0 aromatic rings. The molecule has 0 aliphatic carbocycles. The summed E-state index contributed by atoms with van der Waals surface area (Å²) in [5.74, 6) is -0.620. The molecule has 6 nitrogen and oxygen atoms in total. The molecule has 3 saturated heterocycles. The van der Waals surface area contributed by atoms with Crippen molar-refractivity contribution in [3.05, 3.63) is 12.0 Å². The Kier molecular flexibility index (Phi) is 12.0. The van der Waals surface area contributed by atoms with Crippen LogP contribution < -0.4 is 0 Å². The molecule has 0 unspecified atom stereocenters. The van der Waals surface area contributed by atoms with Crippen molar-refractivity contribution >= 4 is 29.5 Å². The lowest BCUT2D eigenvalue weighted by atomic mass is 10.7. The lowest BCUT2D eigenvalue weighted by Gasteiger charge is -2.13.